The molecule has 0 aliphatic carbocycles. The molecule has 0 bridgehead atoms. The molecule has 0 aromatic heterocycles. The molecule has 3 heterocycles. The quantitative estimate of drug-likeness (QED) is 0.679. The van der Waals surface area contributed by atoms with Crippen molar-refractivity contribution in [2.45, 2.75) is 19.1 Å². The molecule has 1 atom stereocenters. The predicted molar refractivity (Wildman–Crippen MR) is 73.6 cm³/mol. The first-order valence-corrected chi connectivity index (χ1v) is 6.83. The van der Waals surface area contributed by atoms with Gasteiger partial charge in [0.25, 0.3) is 17.7 Å². The summed E-state index contributed by atoms with van der Waals surface area (Å²) in [4.78, 5) is 49.0. The number of imide groups is 2. The van der Waals surface area contributed by atoms with Crippen LogP contribution in [0.25, 0.3) is 0 Å². The van der Waals surface area contributed by atoms with E-state index < -0.39 is 29.7 Å². The predicted octanol–water partition coefficient (Wildman–Crippen LogP) is -0.533. The minimum absolute atomic E-state index is 0.311. The van der Waals surface area contributed by atoms with Gasteiger partial charge >= 0.3 is 0 Å². The maximum absolute atomic E-state index is 12.5. The SMILES string of the molecule is O=C1C=CC(N2C(=O)c3cc4c(cc3C2=O)CNC4)C(=O)N1. The molecular formula is C15H11N3O4. The third kappa shape index (κ3) is 1.66. The molecule has 4 rings (SSSR count). The Labute approximate surface area is 125 Å². The molecule has 0 spiro atoms. The molecule has 2 N–H and O–H groups in total. The number of hydrogen-bond donors (Lipinski definition) is 2. The van der Waals surface area contributed by atoms with Crippen molar-refractivity contribution < 1.29 is 19.2 Å². The molecule has 3 aliphatic rings. The number of benzene rings is 1. The summed E-state index contributed by atoms with van der Waals surface area (Å²) in [6, 6.07) is 2.33. The fourth-order valence-corrected chi connectivity index (χ4v) is 3.01. The molecule has 110 valence electrons. The Morgan fingerprint density at radius 2 is 1.55 bits per heavy atom. The smallest absolute Gasteiger partial charge is 0.262 e. The molecule has 0 radical (unpaired) electrons. The molecule has 0 saturated carbocycles. The average molecular weight is 297 g/mol. The molecule has 1 aromatic rings. The fourth-order valence-electron chi connectivity index (χ4n) is 3.01. The van der Waals surface area contributed by atoms with E-state index in [1.54, 1.807) is 12.1 Å². The van der Waals surface area contributed by atoms with Gasteiger partial charge < -0.3 is 5.32 Å². The minimum atomic E-state index is -1.09. The molecule has 1 aromatic carbocycles. The van der Waals surface area contributed by atoms with E-state index in [-0.39, 0.29) is 0 Å². The van der Waals surface area contributed by atoms with Gasteiger partial charge in [-0.2, -0.15) is 0 Å². The van der Waals surface area contributed by atoms with Crippen molar-refractivity contribution in [3.8, 4) is 0 Å². The second-order valence-electron chi connectivity index (χ2n) is 5.41. The van der Waals surface area contributed by atoms with Crippen LogP contribution in [0.5, 0.6) is 0 Å². The van der Waals surface area contributed by atoms with Gasteiger partial charge in [0, 0.05) is 19.2 Å². The van der Waals surface area contributed by atoms with Crippen LogP contribution in [-0.4, -0.2) is 34.6 Å². The monoisotopic (exact) mass is 297 g/mol. The van der Waals surface area contributed by atoms with Gasteiger partial charge in [-0.05, 0) is 29.3 Å². The summed E-state index contributed by atoms with van der Waals surface area (Å²) in [6.45, 7) is 1.31. The van der Waals surface area contributed by atoms with E-state index in [1.807, 2.05) is 0 Å². The van der Waals surface area contributed by atoms with Crippen LogP contribution in [0.15, 0.2) is 24.3 Å². The largest absolute Gasteiger partial charge is 0.309 e. The molecule has 1 unspecified atom stereocenters. The third-order valence-electron chi connectivity index (χ3n) is 4.09. The highest BCUT2D eigenvalue weighted by atomic mass is 16.2. The van der Waals surface area contributed by atoms with Gasteiger partial charge in [0.05, 0.1) is 11.1 Å². The van der Waals surface area contributed by atoms with Gasteiger partial charge in [-0.15, -0.1) is 0 Å². The summed E-state index contributed by atoms with van der Waals surface area (Å²) in [5.74, 6) is -2.23. The Kier molecular flexibility index (Phi) is 2.55. The van der Waals surface area contributed by atoms with E-state index in [0.717, 1.165) is 22.1 Å². The topological polar surface area (TPSA) is 95.6 Å². The Morgan fingerprint density at radius 1 is 0.955 bits per heavy atom. The molecular weight excluding hydrogens is 286 g/mol. The van der Waals surface area contributed by atoms with E-state index in [9.17, 15) is 19.2 Å². The summed E-state index contributed by atoms with van der Waals surface area (Å²) in [7, 11) is 0. The van der Waals surface area contributed by atoms with E-state index in [4.69, 9.17) is 0 Å². The van der Waals surface area contributed by atoms with E-state index in [0.29, 0.717) is 24.2 Å². The molecule has 7 nitrogen and oxygen atoms in total. The summed E-state index contributed by atoms with van der Waals surface area (Å²) >= 11 is 0. The number of fused-ring (bicyclic) bond motifs is 2. The van der Waals surface area contributed by atoms with Gasteiger partial charge in [-0.25, -0.2) is 0 Å². The number of amides is 4. The number of carbonyl (C=O) groups excluding carboxylic acids is 4. The lowest BCUT2D eigenvalue weighted by Crippen LogP contribution is -2.51. The van der Waals surface area contributed by atoms with Crippen molar-refractivity contribution in [3.05, 3.63) is 46.5 Å². The van der Waals surface area contributed by atoms with Gasteiger partial charge in [0.2, 0.25) is 5.91 Å². The van der Waals surface area contributed by atoms with Crippen molar-refractivity contribution in [3.63, 3.8) is 0 Å². The van der Waals surface area contributed by atoms with Gasteiger partial charge in [0.1, 0.15) is 6.04 Å². The van der Waals surface area contributed by atoms with Crippen molar-refractivity contribution in [2.75, 3.05) is 0 Å². The molecule has 22 heavy (non-hydrogen) atoms. The second-order valence-corrected chi connectivity index (χ2v) is 5.41. The van der Waals surface area contributed by atoms with Crippen LogP contribution < -0.4 is 10.6 Å². The number of rotatable bonds is 1. The van der Waals surface area contributed by atoms with Crippen LogP contribution in [0.3, 0.4) is 0 Å². The lowest BCUT2D eigenvalue weighted by molar-refractivity contribution is -0.130. The fraction of sp³-hybridized carbons (Fsp3) is 0.200. The van der Waals surface area contributed by atoms with Crippen LogP contribution >= 0.6 is 0 Å². The Bertz CT molecular complexity index is 753. The first-order valence-electron chi connectivity index (χ1n) is 6.83. The summed E-state index contributed by atoms with van der Waals surface area (Å²) < 4.78 is 0. The first-order chi connectivity index (χ1) is 10.6. The molecule has 3 aliphatic heterocycles. The van der Waals surface area contributed by atoms with Crippen molar-refractivity contribution >= 4 is 23.6 Å². The van der Waals surface area contributed by atoms with Crippen LogP contribution in [-0.2, 0) is 22.7 Å². The number of hydrogen-bond acceptors (Lipinski definition) is 5. The standard InChI is InChI=1S/C15H11N3O4/c19-12-2-1-11(13(20)17-12)18-14(21)9-3-7-5-16-6-8(7)4-10(9)15(18)22/h1-4,11,16H,5-6H2,(H,17,19,20). The average Bonchev–Trinajstić information content (AvgIpc) is 3.03. The van der Waals surface area contributed by atoms with Crippen LogP contribution in [0.1, 0.15) is 31.8 Å². The summed E-state index contributed by atoms with van der Waals surface area (Å²) in [6.07, 6.45) is 2.43. The number of nitrogens with one attached hydrogen (secondary N) is 2. The molecule has 4 amide bonds. The zero-order valence-corrected chi connectivity index (χ0v) is 11.4. The van der Waals surface area contributed by atoms with Crippen molar-refractivity contribution in [2.24, 2.45) is 0 Å². The van der Waals surface area contributed by atoms with Crippen LogP contribution in [0.2, 0.25) is 0 Å². The van der Waals surface area contributed by atoms with E-state index >= 15 is 0 Å². The molecule has 7 heteroatoms. The highest BCUT2D eigenvalue weighted by Crippen LogP contribution is 2.30. The highest BCUT2D eigenvalue weighted by molar-refractivity contribution is 6.24. The Hall–Kier alpha value is -2.80. The molecule has 0 fully saturated rings. The van der Waals surface area contributed by atoms with E-state index in [2.05, 4.69) is 10.6 Å². The maximum Gasteiger partial charge on any atom is 0.262 e. The lowest BCUT2D eigenvalue weighted by Gasteiger charge is -2.24. The second kappa shape index (κ2) is 4.35. The Balaban J connectivity index is 1.77. The van der Waals surface area contributed by atoms with Crippen molar-refractivity contribution in [1.82, 2.24) is 15.5 Å². The summed E-state index contributed by atoms with van der Waals surface area (Å²) in [5.41, 5.74) is 2.59. The van der Waals surface area contributed by atoms with Gasteiger partial charge in [-0.1, -0.05) is 0 Å². The van der Waals surface area contributed by atoms with E-state index in [1.165, 1.54) is 6.08 Å². The van der Waals surface area contributed by atoms with Crippen molar-refractivity contribution in [1.29, 1.82) is 0 Å². The zero-order chi connectivity index (χ0) is 15.4. The number of carbonyl (C=O) groups is 4. The molecule has 0 saturated heterocycles. The minimum Gasteiger partial charge on any atom is -0.309 e. The first kappa shape index (κ1) is 12.9. The van der Waals surface area contributed by atoms with Gasteiger partial charge in [0.15, 0.2) is 0 Å². The van der Waals surface area contributed by atoms with Crippen LogP contribution in [0, 0.1) is 0 Å². The van der Waals surface area contributed by atoms with Crippen LogP contribution in [0.4, 0.5) is 0 Å². The summed E-state index contributed by atoms with van der Waals surface area (Å²) in [5, 5.41) is 5.26. The number of nitrogens with zero attached hydrogens (tertiary/aromatic N) is 1. The third-order valence-corrected chi connectivity index (χ3v) is 4.09. The normalized spacial score (nSPS) is 22.9. The maximum atomic E-state index is 12.5. The Morgan fingerprint density at radius 3 is 2.09 bits per heavy atom. The highest BCUT2D eigenvalue weighted by Gasteiger charge is 2.43. The van der Waals surface area contributed by atoms with Gasteiger partial charge in [-0.3, -0.25) is 29.4 Å². The zero-order valence-electron chi connectivity index (χ0n) is 11.4. The lowest BCUT2D eigenvalue weighted by atomic mass is 10.0.